The van der Waals surface area contributed by atoms with Crippen molar-refractivity contribution in [2.24, 2.45) is 0 Å². The van der Waals surface area contributed by atoms with E-state index in [2.05, 4.69) is 10.3 Å². The highest BCUT2D eigenvalue weighted by atomic mass is 16.1. The molecule has 0 aliphatic rings. The first kappa shape index (κ1) is 12.4. The third-order valence-corrected chi connectivity index (χ3v) is 2.16. The maximum atomic E-state index is 11.5. The zero-order valence-electron chi connectivity index (χ0n) is 9.40. The minimum atomic E-state index is -0.115. The molecule has 1 amide bonds. The first-order chi connectivity index (χ1) is 7.70. The molecule has 1 aromatic rings. The summed E-state index contributed by atoms with van der Waals surface area (Å²) in [5.74, 6) is 0.0783. The van der Waals surface area contributed by atoms with Crippen molar-refractivity contribution in [1.82, 2.24) is 10.3 Å². The van der Waals surface area contributed by atoms with Gasteiger partial charge in [0, 0.05) is 25.4 Å². The van der Waals surface area contributed by atoms with Crippen LogP contribution in [0.4, 0.5) is 0 Å². The third kappa shape index (κ3) is 4.68. The lowest BCUT2D eigenvalue weighted by atomic mass is 10.2. The molecule has 1 heterocycles. The van der Waals surface area contributed by atoms with Crippen molar-refractivity contribution in [3.8, 4) is 0 Å². The Balaban J connectivity index is 2.19. The van der Waals surface area contributed by atoms with E-state index in [0.717, 1.165) is 12.8 Å². The van der Waals surface area contributed by atoms with Gasteiger partial charge in [-0.3, -0.25) is 9.78 Å². The van der Waals surface area contributed by atoms with Gasteiger partial charge in [0.2, 0.25) is 0 Å². The van der Waals surface area contributed by atoms with Crippen molar-refractivity contribution in [1.29, 1.82) is 0 Å². The summed E-state index contributed by atoms with van der Waals surface area (Å²) in [6.45, 7) is 2.18. The minimum Gasteiger partial charge on any atom is -0.352 e. The van der Waals surface area contributed by atoms with Gasteiger partial charge < -0.3 is 10.1 Å². The van der Waals surface area contributed by atoms with Crippen LogP contribution in [0.1, 0.15) is 36.5 Å². The SMILES string of the molecule is CC(=O)CCCCNC(=O)c1cccnc1. The Bertz CT molecular complexity index is 349. The summed E-state index contributed by atoms with van der Waals surface area (Å²) in [6.07, 6.45) is 5.39. The molecule has 0 aliphatic carbocycles. The molecule has 0 unspecified atom stereocenters. The zero-order valence-corrected chi connectivity index (χ0v) is 9.40. The smallest absolute Gasteiger partial charge is 0.252 e. The number of unbranched alkanes of at least 4 members (excludes halogenated alkanes) is 1. The lowest BCUT2D eigenvalue weighted by Gasteiger charge is -2.03. The highest BCUT2D eigenvalue weighted by molar-refractivity contribution is 5.93. The molecule has 86 valence electrons. The average molecular weight is 220 g/mol. The number of rotatable bonds is 6. The lowest BCUT2D eigenvalue weighted by Crippen LogP contribution is -2.24. The van der Waals surface area contributed by atoms with E-state index in [1.807, 2.05) is 0 Å². The van der Waals surface area contributed by atoms with Crippen molar-refractivity contribution in [2.75, 3.05) is 6.54 Å². The van der Waals surface area contributed by atoms with Gasteiger partial charge in [0.05, 0.1) is 5.56 Å². The number of nitrogens with one attached hydrogen (secondary N) is 1. The van der Waals surface area contributed by atoms with Crippen LogP contribution in [0.25, 0.3) is 0 Å². The summed E-state index contributed by atoms with van der Waals surface area (Å²) in [5.41, 5.74) is 0.564. The van der Waals surface area contributed by atoms with Crippen LogP contribution in [0.5, 0.6) is 0 Å². The Morgan fingerprint density at radius 1 is 1.38 bits per heavy atom. The summed E-state index contributed by atoms with van der Waals surface area (Å²) < 4.78 is 0. The number of nitrogens with zero attached hydrogens (tertiary/aromatic N) is 1. The van der Waals surface area contributed by atoms with Crippen molar-refractivity contribution in [2.45, 2.75) is 26.2 Å². The van der Waals surface area contributed by atoms with E-state index in [1.54, 1.807) is 25.3 Å². The van der Waals surface area contributed by atoms with Gasteiger partial charge in [-0.05, 0) is 31.9 Å². The standard InChI is InChI=1S/C12H16N2O2/c1-10(15)5-2-3-8-14-12(16)11-6-4-7-13-9-11/h4,6-7,9H,2-3,5,8H2,1H3,(H,14,16). The molecule has 0 spiro atoms. The second-order valence-corrected chi connectivity index (χ2v) is 3.66. The fourth-order valence-electron chi connectivity index (χ4n) is 1.30. The molecule has 0 radical (unpaired) electrons. The summed E-state index contributed by atoms with van der Waals surface area (Å²) in [6, 6.07) is 3.45. The third-order valence-electron chi connectivity index (χ3n) is 2.16. The van der Waals surface area contributed by atoms with E-state index < -0.39 is 0 Å². The molecular weight excluding hydrogens is 204 g/mol. The molecule has 1 aromatic heterocycles. The van der Waals surface area contributed by atoms with E-state index in [0.29, 0.717) is 18.5 Å². The topological polar surface area (TPSA) is 59.1 Å². The van der Waals surface area contributed by atoms with Crippen molar-refractivity contribution in [3.63, 3.8) is 0 Å². The molecule has 0 bridgehead atoms. The number of carbonyl (C=O) groups is 2. The molecule has 1 N–H and O–H groups in total. The quantitative estimate of drug-likeness (QED) is 0.740. The Hall–Kier alpha value is -1.71. The number of hydrogen-bond donors (Lipinski definition) is 1. The van der Waals surface area contributed by atoms with Gasteiger partial charge in [-0.25, -0.2) is 0 Å². The number of hydrogen-bond acceptors (Lipinski definition) is 3. The van der Waals surface area contributed by atoms with Gasteiger partial charge in [-0.15, -0.1) is 0 Å². The molecule has 0 atom stereocenters. The predicted octanol–water partition coefficient (Wildman–Crippen LogP) is 1.57. The molecule has 4 heteroatoms. The average Bonchev–Trinajstić information content (AvgIpc) is 2.29. The second-order valence-electron chi connectivity index (χ2n) is 3.66. The molecule has 0 saturated heterocycles. The van der Waals surface area contributed by atoms with E-state index in [1.165, 1.54) is 6.20 Å². The largest absolute Gasteiger partial charge is 0.352 e. The van der Waals surface area contributed by atoms with E-state index in [-0.39, 0.29) is 11.7 Å². The molecular formula is C12H16N2O2. The van der Waals surface area contributed by atoms with Crippen molar-refractivity contribution in [3.05, 3.63) is 30.1 Å². The normalized spacial score (nSPS) is 9.81. The first-order valence-electron chi connectivity index (χ1n) is 5.38. The molecule has 16 heavy (non-hydrogen) atoms. The number of pyridine rings is 1. The van der Waals surface area contributed by atoms with Crippen LogP contribution in [-0.4, -0.2) is 23.2 Å². The van der Waals surface area contributed by atoms with Crippen LogP contribution >= 0.6 is 0 Å². The second kappa shape index (κ2) is 6.71. The fourth-order valence-corrected chi connectivity index (χ4v) is 1.30. The van der Waals surface area contributed by atoms with Gasteiger partial charge in [0.25, 0.3) is 5.91 Å². The van der Waals surface area contributed by atoms with Gasteiger partial charge in [-0.2, -0.15) is 0 Å². The maximum Gasteiger partial charge on any atom is 0.252 e. The summed E-state index contributed by atoms with van der Waals surface area (Å²) in [5, 5.41) is 2.78. The maximum absolute atomic E-state index is 11.5. The van der Waals surface area contributed by atoms with E-state index >= 15 is 0 Å². The van der Waals surface area contributed by atoms with Gasteiger partial charge in [-0.1, -0.05) is 0 Å². The summed E-state index contributed by atoms with van der Waals surface area (Å²) in [4.78, 5) is 26.1. The Labute approximate surface area is 95.1 Å². The highest BCUT2D eigenvalue weighted by Gasteiger charge is 2.03. The van der Waals surface area contributed by atoms with Gasteiger partial charge in [0.15, 0.2) is 0 Å². The van der Waals surface area contributed by atoms with Gasteiger partial charge in [0.1, 0.15) is 5.78 Å². The van der Waals surface area contributed by atoms with Crippen LogP contribution in [-0.2, 0) is 4.79 Å². The number of amides is 1. The molecule has 1 rings (SSSR count). The van der Waals surface area contributed by atoms with Crippen molar-refractivity contribution >= 4 is 11.7 Å². The zero-order chi connectivity index (χ0) is 11.8. The van der Waals surface area contributed by atoms with Gasteiger partial charge >= 0.3 is 0 Å². The Kier molecular flexibility index (Phi) is 5.19. The predicted molar refractivity (Wildman–Crippen MR) is 61.1 cm³/mol. The minimum absolute atomic E-state index is 0.115. The summed E-state index contributed by atoms with van der Waals surface area (Å²) >= 11 is 0. The highest BCUT2D eigenvalue weighted by Crippen LogP contribution is 1.97. The first-order valence-corrected chi connectivity index (χ1v) is 5.38. The number of carbonyl (C=O) groups excluding carboxylic acids is 2. The number of ketones is 1. The molecule has 0 saturated carbocycles. The Morgan fingerprint density at radius 3 is 2.81 bits per heavy atom. The summed E-state index contributed by atoms with van der Waals surface area (Å²) in [7, 11) is 0. The van der Waals surface area contributed by atoms with Crippen LogP contribution in [0, 0.1) is 0 Å². The van der Waals surface area contributed by atoms with Crippen LogP contribution in [0.2, 0.25) is 0 Å². The van der Waals surface area contributed by atoms with Crippen LogP contribution in [0.15, 0.2) is 24.5 Å². The number of aromatic nitrogens is 1. The van der Waals surface area contributed by atoms with Crippen LogP contribution < -0.4 is 5.32 Å². The lowest BCUT2D eigenvalue weighted by molar-refractivity contribution is -0.117. The van der Waals surface area contributed by atoms with E-state index in [4.69, 9.17) is 0 Å². The molecule has 0 fully saturated rings. The monoisotopic (exact) mass is 220 g/mol. The molecule has 4 nitrogen and oxygen atoms in total. The van der Waals surface area contributed by atoms with Crippen LogP contribution in [0.3, 0.4) is 0 Å². The fraction of sp³-hybridized carbons (Fsp3) is 0.417. The van der Waals surface area contributed by atoms with Crippen molar-refractivity contribution < 1.29 is 9.59 Å². The van der Waals surface area contributed by atoms with E-state index in [9.17, 15) is 9.59 Å². The Morgan fingerprint density at radius 2 is 2.19 bits per heavy atom. The molecule has 0 aromatic carbocycles. The molecule has 0 aliphatic heterocycles. The number of Topliss-reactive ketones (excluding diaryl/α,β-unsaturated/α-hetero) is 1.